The van der Waals surface area contributed by atoms with E-state index in [1.807, 2.05) is 50.2 Å². The molecule has 0 saturated heterocycles. The van der Waals surface area contributed by atoms with Crippen molar-refractivity contribution in [2.24, 2.45) is 0 Å². The van der Waals surface area contributed by atoms with Crippen molar-refractivity contribution in [1.29, 1.82) is 0 Å². The molecule has 0 radical (unpaired) electrons. The summed E-state index contributed by atoms with van der Waals surface area (Å²) < 4.78 is 6.35. The predicted octanol–water partition coefficient (Wildman–Crippen LogP) is 4.78. The van der Waals surface area contributed by atoms with Gasteiger partial charge in [0.15, 0.2) is 11.5 Å². The molecule has 7 heteroatoms. The Bertz CT molecular complexity index is 1100. The van der Waals surface area contributed by atoms with Gasteiger partial charge in [0.1, 0.15) is 0 Å². The molecule has 6 nitrogen and oxygen atoms in total. The third-order valence-corrected chi connectivity index (χ3v) is 5.82. The van der Waals surface area contributed by atoms with E-state index in [0.29, 0.717) is 5.76 Å². The summed E-state index contributed by atoms with van der Waals surface area (Å²) in [5.74, 6) is 0.264. The van der Waals surface area contributed by atoms with Crippen LogP contribution in [0.5, 0.6) is 0 Å². The van der Waals surface area contributed by atoms with Crippen LogP contribution in [0.1, 0.15) is 35.5 Å². The predicted molar refractivity (Wildman–Crippen MR) is 119 cm³/mol. The van der Waals surface area contributed by atoms with Crippen LogP contribution in [0.2, 0.25) is 0 Å². The molecular formula is C23H23BrN4O2. The number of hydrogen-bond donors (Lipinski definition) is 2. The lowest BCUT2D eigenvalue weighted by atomic mass is 10.1. The highest BCUT2D eigenvalue weighted by molar-refractivity contribution is 9.10. The molecule has 4 rings (SSSR count). The molecule has 0 unspecified atom stereocenters. The first kappa shape index (κ1) is 20.4. The molecule has 1 atom stereocenters. The summed E-state index contributed by atoms with van der Waals surface area (Å²) in [6.45, 7) is 6.84. The fraction of sp³-hybridized carbons (Fsp3) is 0.217. The first-order chi connectivity index (χ1) is 14.4. The molecular weight excluding hydrogens is 444 g/mol. The monoisotopic (exact) mass is 466 g/mol. The highest BCUT2D eigenvalue weighted by Gasteiger charge is 2.28. The van der Waals surface area contributed by atoms with Gasteiger partial charge in [0.25, 0.3) is 5.91 Å². The molecule has 2 N–H and O–H groups in total. The van der Waals surface area contributed by atoms with Crippen LogP contribution in [0.15, 0.2) is 75.0 Å². The van der Waals surface area contributed by atoms with Gasteiger partial charge in [-0.05, 0) is 44.0 Å². The standard InChI is InChI=1S/C23H23BrN4O2/c1-14-6-4-5-7-18(14)13-28-16(3)22(15(2)26-28)25-23(29)20-12-21(30-27-20)17-8-10-19(24)11-9-17/h4-12,15,26H,13H2,1-3H3,(H,25,29)/t15-/m0/s1. The van der Waals surface area contributed by atoms with Crippen molar-refractivity contribution >= 4 is 21.8 Å². The van der Waals surface area contributed by atoms with Crippen molar-refractivity contribution in [2.45, 2.75) is 33.4 Å². The fourth-order valence-electron chi connectivity index (χ4n) is 3.49. The lowest BCUT2D eigenvalue weighted by Crippen LogP contribution is -2.37. The molecule has 0 bridgehead atoms. The van der Waals surface area contributed by atoms with Crippen LogP contribution in [0, 0.1) is 6.92 Å². The summed E-state index contributed by atoms with van der Waals surface area (Å²) >= 11 is 3.41. The maximum Gasteiger partial charge on any atom is 0.277 e. The molecule has 1 aliphatic rings. The number of hydrazine groups is 1. The maximum atomic E-state index is 12.8. The highest BCUT2D eigenvalue weighted by atomic mass is 79.9. The molecule has 0 saturated carbocycles. The highest BCUT2D eigenvalue weighted by Crippen LogP contribution is 2.24. The van der Waals surface area contributed by atoms with Gasteiger partial charge in [0.05, 0.1) is 18.3 Å². The van der Waals surface area contributed by atoms with E-state index in [9.17, 15) is 4.79 Å². The van der Waals surface area contributed by atoms with Crippen molar-refractivity contribution in [3.05, 3.63) is 87.3 Å². The first-order valence-corrected chi connectivity index (χ1v) is 10.5. The molecule has 0 fully saturated rings. The minimum atomic E-state index is -0.289. The first-order valence-electron chi connectivity index (χ1n) is 9.75. The molecule has 2 aromatic carbocycles. The molecule has 1 amide bonds. The molecule has 1 aliphatic heterocycles. The second kappa shape index (κ2) is 8.45. The summed E-state index contributed by atoms with van der Waals surface area (Å²) in [7, 11) is 0. The Kier molecular flexibility index (Phi) is 5.74. The smallest absolute Gasteiger partial charge is 0.277 e. The van der Waals surface area contributed by atoms with Crippen LogP contribution >= 0.6 is 15.9 Å². The number of carbonyl (C=O) groups excluding carboxylic acids is 1. The minimum absolute atomic E-state index is 0.0178. The number of halogens is 1. The number of aryl methyl sites for hydroxylation is 1. The zero-order valence-electron chi connectivity index (χ0n) is 17.1. The molecule has 154 valence electrons. The largest absolute Gasteiger partial charge is 0.355 e. The number of nitrogens with zero attached hydrogens (tertiary/aromatic N) is 2. The number of carbonyl (C=O) groups is 1. The van der Waals surface area contributed by atoms with Gasteiger partial charge in [-0.2, -0.15) is 0 Å². The molecule has 0 aliphatic carbocycles. The molecule has 1 aromatic heterocycles. The number of benzene rings is 2. The van der Waals surface area contributed by atoms with E-state index in [2.05, 4.69) is 55.9 Å². The van der Waals surface area contributed by atoms with E-state index in [0.717, 1.165) is 28.0 Å². The van der Waals surface area contributed by atoms with Crippen molar-refractivity contribution in [1.82, 2.24) is 20.9 Å². The van der Waals surface area contributed by atoms with Crippen LogP contribution in [0.25, 0.3) is 11.3 Å². The van der Waals surface area contributed by atoms with E-state index in [-0.39, 0.29) is 17.6 Å². The van der Waals surface area contributed by atoms with Crippen molar-refractivity contribution < 1.29 is 9.32 Å². The van der Waals surface area contributed by atoms with E-state index in [1.54, 1.807) is 6.07 Å². The van der Waals surface area contributed by atoms with Gasteiger partial charge >= 0.3 is 0 Å². The van der Waals surface area contributed by atoms with Gasteiger partial charge in [0.2, 0.25) is 0 Å². The Balaban J connectivity index is 1.49. The van der Waals surface area contributed by atoms with Gasteiger partial charge < -0.3 is 14.8 Å². The van der Waals surface area contributed by atoms with E-state index < -0.39 is 0 Å². The SMILES string of the molecule is CC1=C(NC(=O)c2cc(-c3ccc(Br)cc3)on2)[C@H](C)NN1Cc1ccccc1C. The van der Waals surface area contributed by atoms with E-state index >= 15 is 0 Å². The lowest BCUT2D eigenvalue weighted by molar-refractivity contribution is 0.0954. The summed E-state index contributed by atoms with van der Waals surface area (Å²) in [4.78, 5) is 12.8. The maximum absolute atomic E-state index is 12.8. The number of aromatic nitrogens is 1. The quantitative estimate of drug-likeness (QED) is 0.565. The summed E-state index contributed by atoms with van der Waals surface area (Å²) in [6.07, 6.45) is 0. The number of hydrogen-bond acceptors (Lipinski definition) is 5. The van der Waals surface area contributed by atoms with Crippen LogP contribution in [0.3, 0.4) is 0 Å². The number of amides is 1. The van der Waals surface area contributed by atoms with Crippen molar-refractivity contribution in [3.8, 4) is 11.3 Å². The topological polar surface area (TPSA) is 70.4 Å². The second-order valence-electron chi connectivity index (χ2n) is 7.40. The van der Waals surface area contributed by atoms with E-state index in [1.165, 1.54) is 11.1 Å². The normalized spacial score (nSPS) is 16.3. The molecule has 0 spiro atoms. The zero-order chi connectivity index (χ0) is 21.3. The third kappa shape index (κ3) is 4.17. The van der Waals surface area contributed by atoms with Crippen molar-refractivity contribution in [2.75, 3.05) is 0 Å². The van der Waals surface area contributed by atoms with Gasteiger partial charge in [-0.1, -0.05) is 57.5 Å². The molecule has 3 aromatic rings. The molecule has 30 heavy (non-hydrogen) atoms. The fourth-order valence-corrected chi connectivity index (χ4v) is 3.76. The molecule has 2 heterocycles. The van der Waals surface area contributed by atoms with Crippen molar-refractivity contribution in [3.63, 3.8) is 0 Å². The Morgan fingerprint density at radius 1 is 1.20 bits per heavy atom. The van der Waals surface area contributed by atoms with Gasteiger partial charge in [-0.25, -0.2) is 5.43 Å². The summed E-state index contributed by atoms with van der Waals surface area (Å²) in [5, 5.41) is 9.02. The van der Waals surface area contributed by atoms with Crippen LogP contribution in [0.4, 0.5) is 0 Å². The summed E-state index contributed by atoms with van der Waals surface area (Å²) in [5.41, 5.74) is 8.82. The Morgan fingerprint density at radius 2 is 1.93 bits per heavy atom. The van der Waals surface area contributed by atoms with Gasteiger partial charge in [-0.15, -0.1) is 0 Å². The van der Waals surface area contributed by atoms with E-state index in [4.69, 9.17) is 4.52 Å². The Labute approximate surface area is 184 Å². The second-order valence-corrected chi connectivity index (χ2v) is 8.32. The summed E-state index contributed by atoms with van der Waals surface area (Å²) in [6, 6.07) is 17.6. The van der Waals surface area contributed by atoms with Gasteiger partial charge in [0, 0.05) is 21.8 Å². The third-order valence-electron chi connectivity index (χ3n) is 5.29. The average molecular weight is 467 g/mol. The number of allylic oxidation sites excluding steroid dienone is 1. The van der Waals surface area contributed by atoms with Gasteiger partial charge in [-0.3, -0.25) is 4.79 Å². The average Bonchev–Trinajstić information content (AvgIpc) is 3.32. The lowest BCUT2D eigenvalue weighted by Gasteiger charge is -2.22. The Hall–Kier alpha value is -2.90. The number of rotatable bonds is 5. The zero-order valence-corrected chi connectivity index (χ0v) is 18.7. The number of nitrogens with one attached hydrogen (secondary N) is 2. The Morgan fingerprint density at radius 3 is 2.67 bits per heavy atom. The van der Waals surface area contributed by atoms with Crippen LogP contribution in [-0.4, -0.2) is 22.1 Å². The minimum Gasteiger partial charge on any atom is -0.355 e. The van der Waals surface area contributed by atoms with Crippen LogP contribution in [-0.2, 0) is 6.54 Å². The van der Waals surface area contributed by atoms with Crippen LogP contribution < -0.4 is 10.7 Å².